The fourth-order valence-electron chi connectivity index (χ4n) is 5.56. The molecule has 0 saturated carbocycles. The van der Waals surface area contributed by atoms with Crippen LogP contribution in [-0.2, 0) is 16.0 Å². The molecular weight excluding hydrogens is 423 g/mol. The molecule has 3 fully saturated rings. The zero-order valence-corrected chi connectivity index (χ0v) is 18.7. The molecular formula is C26H31FN2O4. The van der Waals surface area contributed by atoms with Gasteiger partial charge in [-0.2, -0.15) is 0 Å². The van der Waals surface area contributed by atoms with Gasteiger partial charge in [0.25, 0.3) is 6.47 Å². The second kappa shape index (κ2) is 10.8. The van der Waals surface area contributed by atoms with Gasteiger partial charge in [-0.3, -0.25) is 9.69 Å². The molecule has 176 valence electrons. The van der Waals surface area contributed by atoms with Crippen LogP contribution in [0.15, 0.2) is 48.5 Å². The number of carbonyl (C=O) groups excluding carboxylic acids is 1. The third-order valence-corrected chi connectivity index (χ3v) is 7.21. The van der Waals surface area contributed by atoms with Crippen LogP contribution in [0.25, 0.3) is 0 Å². The number of carbonyl (C=O) groups is 2. The molecule has 2 aromatic carbocycles. The number of rotatable bonds is 4. The van der Waals surface area contributed by atoms with Crippen LogP contribution in [0.4, 0.5) is 9.18 Å². The van der Waals surface area contributed by atoms with Gasteiger partial charge in [-0.25, -0.2) is 9.18 Å². The monoisotopic (exact) mass is 454 g/mol. The van der Waals surface area contributed by atoms with E-state index in [-0.39, 0.29) is 24.4 Å². The van der Waals surface area contributed by atoms with E-state index in [0.29, 0.717) is 19.1 Å². The highest BCUT2D eigenvalue weighted by Gasteiger charge is 2.35. The molecule has 0 aliphatic carbocycles. The Morgan fingerprint density at radius 3 is 2.45 bits per heavy atom. The van der Waals surface area contributed by atoms with Crippen LogP contribution < -0.4 is 0 Å². The summed E-state index contributed by atoms with van der Waals surface area (Å²) in [6, 6.07) is 14.4. The first kappa shape index (κ1) is 23.2. The molecule has 6 nitrogen and oxygen atoms in total. The van der Waals surface area contributed by atoms with Crippen LogP contribution in [0.5, 0.6) is 0 Å². The van der Waals surface area contributed by atoms with E-state index in [9.17, 15) is 9.18 Å². The number of ether oxygens (including phenoxy) is 1. The summed E-state index contributed by atoms with van der Waals surface area (Å²) in [5.74, 6) is 1.17. The topological polar surface area (TPSA) is 70.1 Å². The summed E-state index contributed by atoms with van der Waals surface area (Å²) < 4.78 is 19.3. The summed E-state index contributed by atoms with van der Waals surface area (Å²) in [6.45, 7) is 4.44. The minimum Gasteiger partial charge on any atom is -0.483 e. The van der Waals surface area contributed by atoms with Gasteiger partial charge in [0.1, 0.15) is 5.82 Å². The van der Waals surface area contributed by atoms with Crippen LogP contribution >= 0.6 is 0 Å². The van der Waals surface area contributed by atoms with Gasteiger partial charge in [-0.15, -0.1) is 0 Å². The standard InChI is InChI=1S/C25H29FN2O2.CH2O2/c26-22-7-5-20(6-8-22)24-23-4-2-1-3-19(23)11-15-28(24)25(29)30-16-12-21-17-27-13-9-18(21)10-14-27;2-1-3/h1-8,18,21,24H,9-17H2;1H,(H,2,3)/t21-,24-;/m0./s1. The summed E-state index contributed by atoms with van der Waals surface area (Å²) in [5, 5.41) is 6.89. The smallest absolute Gasteiger partial charge is 0.410 e. The van der Waals surface area contributed by atoms with E-state index in [1.54, 1.807) is 12.1 Å². The average Bonchev–Trinajstić information content (AvgIpc) is 2.85. The van der Waals surface area contributed by atoms with E-state index in [4.69, 9.17) is 14.6 Å². The van der Waals surface area contributed by atoms with Crippen molar-refractivity contribution in [2.24, 2.45) is 11.8 Å². The molecule has 7 heteroatoms. The number of hydrogen-bond donors (Lipinski definition) is 1. The van der Waals surface area contributed by atoms with Gasteiger partial charge in [0.15, 0.2) is 0 Å². The zero-order valence-electron chi connectivity index (χ0n) is 18.7. The van der Waals surface area contributed by atoms with E-state index < -0.39 is 0 Å². The van der Waals surface area contributed by atoms with Crippen molar-refractivity contribution in [3.05, 3.63) is 71.0 Å². The number of amides is 1. The number of benzene rings is 2. The Morgan fingerprint density at radius 2 is 1.79 bits per heavy atom. The summed E-state index contributed by atoms with van der Waals surface area (Å²) >= 11 is 0. The fourth-order valence-corrected chi connectivity index (χ4v) is 5.56. The fraction of sp³-hybridized carbons (Fsp3) is 0.462. The van der Waals surface area contributed by atoms with Crippen molar-refractivity contribution < 1.29 is 23.8 Å². The summed E-state index contributed by atoms with van der Waals surface area (Å²) in [7, 11) is 0. The number of hydrogen-bond acceptors (Lipinski definition) is 4. The quantitative estimate of drug-likeness (QED) is 0.696. The lowest BCUT2D eigenvalue weighted by Crippen LogP contribution is -2.47. The highest BCUT2D eigenvalue weighted by Crippen LogP contribution is 2.36. The molecule has 3 saturated heterocycles. The Hall–Kier alpha value is -2.93. The summed E-state index contributed by atoms with van der Waals surface area (Å²) in [4.78, 5) is 25.8. The maximum Gasteiger partial charge on any atom is 0.410 e. The van der Waals surface area contributed by atoms with E-state index in [0.717, 1.165) is 36.4 Å². The number of halogens is 1. The summed E-state index contributed by atoms with van der Waals surface area (Å²) in [5.41, 5.74) is 3.26. The van der Waals surface area contributed by atoms with E-state index >= 15 is 0 Å². The molecule has 4 aliphatic heterocycles. The predicted molar refractivity (Wildman–Crippen MR) is 122 cm³/mol. The largest absolute Gasteiger partial charge is 0.483 e. The summed E-state index contributed by atoms with van der Waals surface area (Å²) in [6.07, 6.45) is 4.06. The lowest BCUT2D eigenvalue weighted by atomic mass is 9.78. The molecule has 4 aliphatic rings. The van der Waals surface area contributed by atoms with Crippen LogP contribution in [0.1, 0.15) is 42.0 Å². The number of fused-ring (bicyclic) bond motifs is 4. The molecule has 2 bridgehead atoms. The van der Waals surface area contributed by atoms with Crippen LogP contribution in [0.3, 0.4) is 0 Å². The third kappa shape index (κ3) is 5.36. The second-order valence-electron chi connectivity index (χ2n) is 9.00. The zero-order chi connectivity index (χ0) is 23.2. The third-order valence-electron chi connectivity index (χ3n) is 7.21. The van der Waals surface area contributed by atoms with Gasteiger partial charge in [0.2, 0.25) is 0 Å². The highest BCUT2D eigenvalue weighted by atomic mass is 19.1. The molecule has 0 unspecified atom stereocenters. The molecule has 33 heavy (non-hydrogen) atoms. The number of nitrogens with zero attached hydrogens (tertiary/aromatic N) is 2. The van der Waals surface area contributed by atoms with Crippen molar-refractivity contribution in [1.82, 2.24) is 9.80 Å². The normalized spacial score (nSPS) is 25.4. The van der Waals surface area contributed by atoms with Gasteiger partial charge in [-0.05, 0) is 79.4 Å². The average molecular weight is 455 g/mol. The maximum atomic E-state index is 13.5. The lowest BCUT2D eigenvalue weighted by molar-refractivity contribution is -0.122. The van der Waals surface area contributed by atoms with Gasteiger partial charge in [-0.1, -0.05) is 36.4 Å². The molecule has 1 N–H and O–H groups in total. The van der Waals surface area contributed by atoms with E-state index in [1.165, 1.54) is 43.6 Å². The Balaban J connectivity index is 0.000000821. The molecule has 0 aromatic heterocycles. The predicted octanol–water partition coefficient (Wildman–Crippen LogP) is 4.34. The number of piperidine rings is 3. The maximum absolute atomic E-state index is 13.5. The molecule has 0 radical (unpaired) electrons. The molecule has 4 heterocycles. The van der Waals surface area contributed by atoms with E-state index in [1.807, 2.05) is 17.0 Å². The van der Waals surface area contributed by atoms with Gasteiger partial charge < -0.3 is 14.7 Å². The van der Waals surface area contributed by atoms with E-state index in [2.05, 4.69) is 17.0 Å². The molecule has 2 aromatic rings. The lowest BCUT2D eigenvalue weighted by Gasteiger charge is -2.45. The second-order valence-corrected chi connectivity index (χ2v) is 9.00. The molecule has 1 amide bonds. The van der Waals surface area contributed by atoms with Gasteiger partial charge in [0.05, 0.1) is 12.6 Å². The van der Waals surface area contributed by atoms with Crippen molar-refractivity contribution in [3.8, 4) is 0 Å². The van der Waals surface area contributed by atoms with Crippen LogP contribution in [-0.4, -0.2) is 60.3 Å². The molecule has 0 spiro atoms. The van der Waals surface area contributed by atoms with Gasteiger partial charge >= 0.3 is 6.09 Å². The van der Waals surface area contributed by atoms with Crippen molar-refractivity contribution >= 4 is 12.6 Å². The Morgan fingerprint density at radius 1 is 1.09 bits per heavy atom. The van der Waals surface area contributed by atoms with Gasteiger partial charge in [0, 0.05) is 13.1 Å². The first-order valence-electron chi connectivity index (χ1n) is 11.7. The molecule has 2 atom stereocenters. The Labute approximate surface area is 194 Å². The van der Waals surface area contributed by atoms with Crippen molar-refractivity contribution in [2.75, 3.05) is 32.8 Å². The number of carboxylic acid groups (broad SMARTS) is 1. The van der Waals surface area contributed by atoms with Crippen molar-refractivity contribution in [2.45, 2.75) is 31.7 Å². The van der Waals surface area contributed by atoms with Crippen LogP contribution in [0.2, 0.25) is 0 Å². The minimum absolute atomic E-state index is 0.236. The van der Waals surface area contributed by atoms with Crippen molar-refractivity contribution in [3.63, 3.8) is 0 Å². The Bertz CT molecular complexity index is 944. The van der Waals surface area contributed by atoms with Crippen molar-refractivity contribution in [1.29, 1.82) is 0 Å². The first-order valence-corrected chi connectivity index (χ1v) is 11.7. The SMILES string of the molecule is O=C(OCC[C@H]1CN2CCC1CC2)N1CCc2ccccc2[C@@H]1c1ccc(F)cc1.O=CO. The first-order chi connectivity index (χ1) is 16.1. The minimum atomic E-state index is -0.269. The highest BCUT2D eigenvalue weighted by molar-refractivity contribution is 5.70. The Kier molecular flexibility index (Phi) is 7.60. The van der Waals surface area contributed by atoms with Crippen LogP contribution in [0, 0.1) is 17.7 Å². The molecule has 6 rings (SSSR count).